The van der Waals surface area contributed by atoms with Crippen LogP contribution >= 0.6 is 0 Å². The Balaban J connectivity index is 2.85. The zero-order chi connectivity index (χ0) is 13.6. The summed E-state index contributed by atoms with van der Waals surface area (Å²) in [4.78, 5) is 2.50. The highest BCUT2D eigenvalue weighted by molar-refractivity contribution is 5.15. The maximum absolute atomic E-state index is 5.81. The molecule has 3 nitrogen and oxygen atoms in total. The first-order chi connectivity index (χ1) is 8.57. The number of hydrogen-bond acceptors (Lipinski definition) is 3. The molecule has 1 aliphatic heterocycles. The first kappa shape index (κ1) is 15.5. The summed E-state index contributed by atoms with van der Waals surface area (Å²) in [5, 5.41) is 3.67. The number of rotatable bonds is 8. The van der Waals surface area contributed by atoms with Gasteiger partial charge in [0.15, 0.2) is 0 Å². The largest absolute Gasteiger partial charge is 0.496 e. The first-order valence-electron chi connectivity index (χ1n) is 7.39. The number of hydrogen-bond donors (Lipinski definition) is 1. The molecule has 1 unspecified atom stereocenters. The van der Waals surface area contributed by atoms with Gasteiger partial charge in [0.2, 0.25) is 0 Å². The molecule has 0 aromatic rings. The molecule has 0 aromatic carbocycles. The van der Waals surface area contributed by atoms with E-state index in [0.29, 0.717) is 6.04 Å². The van der Waals surface area contributed by atoms with E-state index in [4.69, 9.17) is 4.74 Å². The summed E-state index contributed by atoms with van der Waals surface area (Å²) in [6, 6.07) is 0.292. The molecule has 1 rings (SSSR count). The summed E-state index contributed by atoms with van der Waals surface area (Å²) < 4.78 is 5.81. The average Bonchev–Trinajstić information content (AvgIpc) is 2.84. The lowest BCUT2D eigenvalue weighted by Crippen LogP contribution is -2.58. The monoisotopic (exact) mass is 254 g/mol. The van der Waals surface area contributed by atoms with Crippen LogP contribution in [0.3, 0.4) is 0 Å². The lowest BCUT2D eigenvalue weighted by Gasteiger charge is -2.43. The molecular weight excluding hydrogens is 224 g/mol. The maximum Gasteiger partial charge on any atom is 0.111 e. The molecule has 0 radical (unpaired) electrons. The van der Waals surface area contributed by atoms with E-state index in [0.717, 1.165) is 44.8 Å². The number of nitrogens with one attached hydrogen (secondary N) is 1. The molecule has 1 heterocycles. The third-order valence-electron chi connectivity index (χ3n) is 3.90. The van der Waals surface area contributed by atoms with Crippen LogP contribution < -0.4 is 5.32 Å². The minimum Gasteiger partial charge on any atom is -0.496 e. The van der Waals surface area contributed by atoms with Crippen molar-refractivity contribution in [2.45, 2.75) is 59.0 Å². The first-order valence-corrected chi connectivity index (χ1v) is 7.39. The van der Waals surface area contributed by atoms with Crippen LogP contribution in [-0.2, 0) is 4.74 Å². The van der Waals surface area contributed by atoms with E-state index < -0.39 is 0 Å². The summed E-state index contributed by atoms with van der Waals surface area (Å²) in [6.45, 7) is 15.3. The zero-order valence-corrected chi connectivity index (χ0v) is 12.8. The summed E-state index contributed by atoms with van der Waals surface area (Å²) in [6.07, 6.45) is 4.45. The molecule has 1 atom stereocenters. The molecule has 1 N–H and O–H groups in total. The van der Waals surface area contributed by atoms with E-state index in [9.17, 15) is 0 Å². The maximum atomic E-state index is 5.81. The Morgan fingerprint density at radius 3 is 2.44 bits per heavy atom. The van der Waals surface area contributed by atoms with Crippen molar-refractivity contribution in [2.75, 3.05) is 26.2 Å². The zero-order valence-electron chi connectivity index (χ0n) is 12.8. The van der Waals surface area contributed by atoms with Gasteiger partial charge in [-0.05, 0) is 46.0 Å². The predicted molar refractivity (Wildman–Crippen MR) is 77.7 cm³/mol. The molecule has 106 valence electrons. The van der Waals surface area contributed by atoms with Gasteiger partial charge in [-0.2, -0.15) is 0 Å². The van der Waals surface area contributed by atoms with Gasteiger partial charge >= 0.3 is 0 Å². The molecule has 0 amide bonds. The van der Waals surface area contributed by atoms with Crippen LogP contribution in [0.15, 0.2) is 11.8 Å². The van der Waals surface area contributed by atoms with E-state index in [1.807, 2.05) is 0 Å². The lowest BCUT2D eigenvalue weighted by molar-refractivity contribution is 0.0763. The molecular formula is C15H30N2O. The number of nitrogens with zero attached hydrogens (tertiary/aromatic N) is 1. The lowest BCUT2D eigenvalue weighted by atomic mass is 9.90. The van der Waals surface area contributed by atoms with Gasteiger partial charge < -0.3 is 10.1 Å². The second-order valence-electron chi connectivity index (χ2n) is 5.46. The van der Waals surface area contributed by atoms with Crippen molar-refractivity contribution in [3.05, 3.63) is 11.8 Å². The van der Waals surface area contributed by atoms with Gasteiger partial charge in [-0.1, -0.05) is 20.8 Å². The fourth-order valence-corrected chi connectivity index (χ4v) is 2.85. The van der Waals surface area contributed by atoms with Crippen molar-refractivity contribution >= 4 is 0 Å². The molecule has 0 saturated carbocycles. The van der Waals surface area contributed by atoms with Gasteiger partial charge in [0.25, 0.3) is 0 Å². The van der Waals surface area contributed by atoms with Crippen LogP contribution in [0.5, 0.6) is 0 Å². The Morgan fingerprint density at radius 2 is 2.00 bits per heavy atom. The standard InChI is InChI=1S/C15H30N2O/c1-6-11-16-14(13-10-9-12-18-13)15(4,5)17(7-2)8-3/h10,14,16H,6-9,11-12H2,1-5H3. The highest BCUT2D eigenvalue weighted by atomic mass is 16.5. The molecule has 3 heteroatoms. The van der Waals surface area contributed by atoms with Crippen molar-refractivity contribution in [1.82, 2.24) is 10.2 Å². The molecule has 1 aliphatic rings. The van der Waals surface area contributed by atoms with E-state index >= 15 is 0 Å². The highest BCUT2D eigenvalue weighted by Gasteiger charge is 2.37. The van der Waals surface area contributed by atoms with Crippen LogP contribution in [0.1, 0.15) is 47.5 Å². The van der Waals surface area contributed by atoms with E-state index in [1.165, 1.54) is 0 Å². The van der Waals surface area contributed by atoms with E-state index in [2.05, 4.69) is 50.9 Å². The minimum absolute atomic E-state index is 0.0782. The highest BCUT2D eigenvalue weighted by Crippen LogP contribution is 2.27. The Kier molecular flexibility index (Phi) is 6.16. The van der Waals surface area contributed by atoms with E-state index in [1.54, 1.807) is 0 Å². The summed E-state index contributed by atoms with van der Waals surface area (Å²) >= 11 is 0. The second kappa shape index (κ2) is 7.15. The van der Waals surface area contributed by atoms with Gasteiger partial charge in [-0.3, -0.25) is 4.90 Å². The van der Waals surface area contributed by atoms with Crippen LogP contribution in [0.4, 0.5) is 0 Å². The van der Waals surface area contributed by atoms with Crippen LogP contribution in [-0.4, -0.2) is 42.7 Å². The fraction of sp³-hybridized carbons (Fsp3) is 0.867. The topological polar surface area (TPSA) is 24.5 Å². The van der Waals surface area contributed by atoms with Gasteiger partial charge in [0.05, 0.1) is 12.6 Å². The molecule has 0 bridgehead atoms. The van der Waals surface area contributed by atoms with Crippen molar-refractivity contribution < 1.29 is 4.74 Å². The second-order valence-corrected chi connectivity index (χ2v) is 5.46. The SMILES string of the molecule is CCCNC(C1=CCCO1)C(C)(C)N(CC)CC. The summed E-state index contributed by atoms with van der Waals surface area (Å²) in [5.41, 5.74) is 0.0782. The van der Waals surface area contributed by atoms with Crippen molar-refractivity contribution in [1.29, 1.82) is 0 Å². The van der Waals surface area contributed by atoms with Gasteiger partial charge in [-0.25, -0.2) is 0 Å². The third kappa shape index (κ3) is 3.48. The Morgan fingerprint density at radius 1 is 1.33 bits per heavy atom. The van der Waals surface area contributed by atoms with Crippen LogP contribution in [0.2, 0.25) is 0 Å². The van der Waals surface area contributed by atoms with Crippen molar-refractivity contribution in [2.24, 2.45) is 0 Å². The Labute approximate surface area is 113 Å². The quantitative estimate of drug-likeness (QED) is 0.721. The molecule has 0 fully saturated rings. The van der Waals surface area contributed by atoms with Crippen molar-refractivity contribution in [3.63, 3.8) is 0 Å². The molecule has 0 aliphatic carbocycles. The molecule has 0 saturated heterocycles. The van der Waals surface area contributed by atoms with Gasteiger partial charge in [0.1, 0.15) is 5.76 Å². The van der Waals surface area contributed by atoms with Gasteiger partial charge in [-0.15, -0.1) is 0 Å². The Hall–Kier alpha value is -0.540. The van der Waals surface area contributed by atoms with Crippen molar-refractivity contribution in [3.8, 4) is 0 Å². The summed E-state index contributed by atoms with van der Waals surface area (Å²) in [7, 11) is 0. The minimum atomic E-state index is 0.0782. The normalized spacial score (nSPS) is 17.8. The summed E-state index contributed by atoms with van der Waals surface area (Å²) in [5.74, 6) is 1.14. The number of ether oxygens (including phenoxy) is 1. The Bertz CT molecular complexity index is 270. The molecule has 0 aromatic heterocycles. The predicted octanol–water partition coefficient (Wildman–Crippen LogP) is 2.78. The molecule has 0 spiro atoms. The fourth-order valence-electron chi connectivity index (χ4n) is 2.85. The average molecular weight is 254 g/mol. The van der Waals surface area contributed by atoms with Crippen LogP contribution in [0, 0.1) is 0 Å². The smallest absolute Gasteiger partial charge is 0.111 e. The molecule has 18 heavy (non-hydrogen) atoms. The third-order valence-corrected chi connectivity index (χ3v) is 3.90. The number of likely N-dealkylation sites (N-methyl/N-ethyl adjacent to an activating group) is 1. The van der Waals surface area contributed by atoms with E-state index in [-0.39, 0.29) is 5.54 Å². The van der Waals surface area contributed by atoms with Crippen LogP contribution in [0.25, 0.3) is 0 Å². The van der Waals surface area contributed by atoms with Gasteiger partial charge in [0, 0.05) is 12.0 Å².